The second-order valence-corrected chi connectivity index (χ2v) is 4.49. The molecule has 0 bridgehead atoms. The first-order valence-electron chi connectivity index (χ1n) is 5.45. The van der Waals surface area contributed by atoms with Crippen LogP contribution in [0.4, 0.5) is 5.69 Å². The van der Waals surface area contributed by atoms with Crippen LogP contribution in [0.2, 0.25) is 5.02 Å². The third-order valence-electron chi connectivity index (χ3n) is 2.61. The molecule has 0 unspecified atom stereocenters. The predicted molar refractivity (Wildman–Crippen MR) is 70.5 cm³/mol. The summed E-state index contributed by atoms with van der Waals surface area (Å²) < 4.78 is 0. The maximum atomic E-state index is 11.6. The molecule has 2 rings (SSSR count). The van der Waals surface area contributed by atoms with Crippen LogP contribution in [0.25, 0.3) is 0 Å². The smallest absolute Gasteiger partial charge is 0.268 e. The van der Waals surface area contributed by atoms with Crippen LogP contribution >= 0.6 is 11.6 Å². The third-order valence-corrected chi connectivity index (χ3v) is 2.93. The maximum Gasteiger partial charge on any atom is 0.288 e. The fourth-order valence-corrected chi connectivity index (χ4v) is 1.91. The van der Waals surface area contributed by atoms with Gasteiger partial charge in [-0.15, -0.1) is 0 Å². The van der Waals surface area contributed by atoms with Gasteiger partial charge in [0.05, 0.1) is 10.6 Å². The molecule has 0 radical (unpaired) electrons. The summed E-state index contributed by atoms with van der Waals surface area (Å²) >= 11 is 5.73. The van der Waals surface area contributed by atoms with Gasteiger partial charge in [0.2, 0.25) is 0 Å². The van der Waals surface area contributed by atoms with Crippen LogP contribution < -0.4 is 5.56 Å². The molecule has 0 saturated heterocycles. The number of nitrogens with zero attached hydrogens (tertiary/aromatic N) is 2. The van der Waals surface area contributed by atoms with Gasteiger partial charge < -0.3 is 0 Å². The summed E-state index contributed by atoms with van der Waals surface area (Å²) in [4.78, 5) is 21.8. The van der Waals surface area contributed by atoms with E-state index in [1.165, 1.54) is 12.1 Å². The molecule has 1 N–H and O–H groups in total. The molecule has 6 nitrogen and oxygen atoms in total. The van der Waals surface area contributed by atoms with Gasteiger partial charge in [-0.25, -0.2) is 5.10 Å². The van der Waals surface area contributed by atoms with Gasteiger partial charge in [0.25, 0.3) is 11.2 Å². The Morgan fingerprint density at radius 2 is 2.16 bits per heavy atom. The van der Waals surface area contributed by atoms with Gasteiger partial charge in [-0.05, 0) is 24.6 Å². The molecule has 19 heavy (non-hydrogen) atoms. The summed E-state index contributed by atoms with van der Waals surface area (Å²) in [6.45, 7) is 1.75. The highest BCUT2D eigenvalue weighted by molar-refractivity contribution is 6.32. The molecule has 7 heteroatoms. The highest BCUT2D eigenvalue weighted by Gasteiger charge is 2.13. The van der Waals surface area contributed by atoms with Crippen LogP contribution in [0.15, 0.2) is 29.1 Å². The Balaban J connectivity index is 2.39. The summed E-state index contributed by atoms with van der Waals surface area (Å²) in [7, 11) is 0. The number of aromatic nitrogens is 2. The second-order valence-electron chi connectivity index (χ2n) is 4.08. The zero-order valence-electron chi connectivity index (χ0n) is 10.0. The molecule has 0 saturated carbocycles. The van der Waals surface area contributed by atoms with Crippen molar-refractivity contribution in [2.75, 3.05) is 0 Å². The number of nitrogens with one attached hydrogen (secondary N) is 1. The van der Waals surface area contributed by atoms with Crippen LogP contribution in [0.5, 0.6) is 0 Å². The third kappa shape index (κ3) is 2.97. The molecule has 0 aliphatic heterocycles. The van der Waals surface area contributed by atoms with Crippen molar-refractivity contribution in [3.05, 3.63) is 66.6 Å². The molecule has 0 spiro atoms. The quantitative estimate of drug-likeness (QED) is 0.689. The Morgan fingerprint density at radius 1 is 1.42 bits per heavy atom. The van der Waals surface area contributed by atoms with Gasteiger partial charge in [0.15, 0.2) is 0 Å². The van der Waals surface area contributed by atoms with Crippen molar-refractivity contribution in [2.24, 2.45) is 0 Å². The number of hydrogen-bond donors (Lipinski definition) is 1. The molecular weight excluding hydrogens is 270 g/mol. The van der Waals surface area contributed by atoms with Crippen LogP contribution in [0.3, 0.4) is 0 Å². The monoisotopic (exact) mass is 279 g/mol. The molecule has 0 aliphatic carbocycles. The highest BCUT2D eigenvalue weighted by atomic mass is 35.5. The number of benzene rings is 1. The zero-order chi connectivity index (χ0) is 14.0. The van der Waals surface area contributed by atoms with Crippen LogP contribution in [0, 0.1) is 17.0 Å². The Labute approximate surface area is 113 Å². The topological polar surface area (TPSA) is 88.9 Å². The van der Waals surface area contributed by atoms with E-state index >= 15 is 0 Å². The number of nitro benzene ring substituents is 1. The molecule has 0 aliphatic rings. The van der Waals surface area contributed by atoms with Crippen LogP contribution in [-0.2, 0) is 6.42 Å². The van der Waals surface area contributed by atoms with Crippen molar-refractivity contribution < 1.29 is 4.92 Å². The molecule has 0 amide bonds. The molecular formula is C12H10ClN3O3. The van der Waals surface area contributed by atoms with Gasteiger partial charge in [0, 0.05) is 18.1 Å². The SMILES string of the molecule is Cc1cc(Cc2ccc(Cl)c([N+](=O)[O-])c2)c(=O)[nH]n1. The average Bonchev–Trinajstić information content (AvgIpc) is 2.36. The van der Waals surface area contributed by atoms with E-state index in [9.17, 15) is 14.9 Å². The summed E-state index contributed by atoms with van der Waals surface area (Å²) in [6.07, 6.45) is 0.288. The summed E-state index contributed by atoms with van der Waals surface area (Å²) in [5.41, 5.74) is 1.36. The largest absolute Gasteiger partial charge is 0.288 e. The van der Waals surface area contributed by atoms with E-state index in [1.54, 1.807) is 19.1 Å². The first-order valence-corrected chi connectivity index (χ1v) is 5.83. The van der Waals surface area contributed by atoms with Crippen LogP contribution in [0.1, 0.15) is 16.8 Å². The van der Waals surface area contributed by atoms with E-state index in [0.717, 1.165) is 0 Å². The number of aryl methyl sites for hydroxylation is 1. The summed E-state index contributed by atoms with van der Waals surface area (Å²) in [6, 6.07) is 6.14. The second kappa shape index (κ2) is 5.19. The predicted octanol–water partition coefficient (Wildman–Crippen LogP) is 2.23. The standard InChI is InChI=1S/C12H10ClN3O3/c1-7-4-9(12(17)15-14-7)5-8-2-3-10(13)11(6-8)16(18)19/h2-4,6H,5H2,1H3,(H,15,17). The summed E-state index contributed by atoms with van der Waals surface area (Å²) in [5.74, 6) is 0. The number of aromatic amines is 1. The zero-order valence-corrected chi connectivity index (χ0v) is 10.8. The van der Waals surface area contributed by atoms with E-state index in [-0.39, 0.29) is 22.7 Å². The number of hydrogen-bond acceptors (Lipinski definition) is 4. The Bertz CT molecular complexity index is 697. The number of rotatable bonds is 3. The number of H-pyrrole nitrogens is 1. The lowest BCUT2D eigenvalue weighted by atomic mass is 10.1. The van der Waals surface area contributed by atoms with E-state index in [0.29, 0.717) is 16.8 Å². The molecule has 2 aromatic rings. The van der Waals surface area contributed by atoms with Gasteiger partial charge in [-0.3, -0.25) is 14.9 Å². The number of halogens is 1. The Kier molecular flexibility index (Phi) is 3.62. The van der Waals surface area contributed by atoms with E-state index in [4.69, 9.17) is 11.6 Å². The maximum absolute atomic E-state index is 11.6. The molecule has 1 heterocycles. The van der Waals surface area contributed by atoms with Gasteiger partial charge in [-0.2, -0.15) is 5.10 Å². The van der Waals surface area contributed by atoms with Gasteiger partial charge >= 0.3 is 0 Å². The van der Waals surface area contributed by atoms with Crippen molar-refractivity contribution in [2.45, 2.75) is 13.3 Å². The normalized spacial score (nSPS) is 10.4. The average molecular weight is 280 g/mol. The fourth-order valence-electron chi connectivity index (χ4n) is 1.72. The molecule has 0 fully saturated rings. The highest BCUT2D eigenvalue weighted by Crippen LogP contribution is 2.25. The molecule has 0 atom stereocenters. The van der Waals surface area contributed by atoms with E-state index in [1.807, 2.05) is 0 Å². The molecule has 98 valence electrons. The van der Waals surface area contributed by atoms with Crippen molar-refractivity contribution in [1.82, 2.24) is 10.2 Å². The first-order chi connectivity index (χ1) is 8.97. The molecule has 1 aromatic heterocycles. The van der Waals surface area contributed by atoms with Crippen LogP contribution in [-0.4, -0.2) is 15.1 Å². The summed E-state index contributed by atoms with van der Waals surface area (Å²) in [5, 5.41) is 17.0. The molecule has 1 aromatic carbocycles. The Morgan fingerprint density at radius 3 is 2.84 bits per heavy atom. The minimum absolute atomic E-state index is 0.0774. The van der Waals surface area contributed by atoms with Crippen molar-refractivity contribution in [3.63, 3.8) is 0 Å². The lowest BCUT2D eigenvalue weighted by Crippen LogP contribution is -2.15. The Hall–Kier alpha value is -2.21. The van der Waals surface area contributed by atoms with E-state index < -0.39 is 4.92 Å². The minimum atomic E-state index is -0.548. The van der Waals surface area contributed by atoms with Gasteiger partial charge in [0.1, 0.15) is 5.02 Å². The first kappa shape index (κ1) is 13.2. The van der Waals surface area contributed by atoms with Crippen molar-refractivity contribution >= 4 is 17.3 Å². The van der Waals surface area contributed by atoms with Crippen molar-refractivity contribution in [1.29, 1.82) is 0 Å². The lowest BCUT2D eigenvalue weighted by Gasteiger charge is -2.03. The minimum Gasteiger partial charge on any atom is -0.268 e. The number of nitro groups is 1. The lowest BCUT2D eigenvalue weighted by molar-refractivity contribution is -0.384. The van der Waals surface area contributed by atoms with Gasteiger partial charge in [-0.1, -0.05) is 17.7 Å². The van der Waals surface area contributed by atoms with E-state index in [2.05, 4.69) is 10.2 Å². The fraction of sp³-hybridized carbons (Fsp3) is 0.167. The van der Waals surface area contributed by atoms with Crippen molar-refractivity contribution in [3.8, 4) is 0 Å².